The van der Waals surface area contributed by atoms with Crippen LogP contribution in [-0.2, 0) is 14.3 Å². The van der Waals surface area contributed by atoms with Crippen molar-refractivity contribution in [3.8, 4) is 0 Å². The molecule has 0 bridgehead atoms. The van der Waals surface area contributed by atoms with Gasteiger partial charge in [-0.25, -0.2) is 0 Å². The molecule has 0 radical (unpaired) electrons. The van der Waals surface area contributed by atoms with Crippen molar-refractivity contribution in [2.24, 2.45) is 11.8 Å². The maximum absolute atomic E-state index is 11.5. The fraction of sp³-hybridized carbons (Fsp3) is 0.833. The molecule has 2 aliphatic heterocycles. The number of fused-ring (bicyclic) bond motifs is 1. The highest BCUT2D eigenvalue weighted by atomic mass is 16.6. The molecule has 2 fully saturated rings. The summed E-state index contributed by atoms with van der Waals surface area (Å²) in [5, 5.41) is 12.9. The second-order valence-electron chi connectivity index (χ2n) is 4.94. The van der Waals surface area contributed by atoms with Gasteiger partial charge in [-0.05, 0) is 19.3 Å². The molecule has 2 aliphatic rings. The monoisotopic (exact) mass is 241 g/mol. The third-order valence-electron chi connectivity index (χ3n) is 3.75. The molecule has 4 atom stereocenters. The van der Waals surface area contributed by atoms with Gasteiger partial charge in [0.05, 0.1) is 12.0 Å². The van der Waals surface area contributed by atoms with E-state index in [1.807, 2.05) is 0 Å². The van der Waals surface area contributed by atoms with Gasteiger partial charge < -0.3 is 15.2 Å². The van der Waals surface area contributed by atoms with Crippen LogP contribution in [0, 0.1) is 11.8 Å². The Morgan fingerprint density at radius 3 is 2.88 bits per heavy atom. The van der Waals surface area contributed by atoms with E-state index < -0.39 is 6.10 Å². The highest BCUT2D eigenvalue weighted by molar-refractivity contribution is 5.76. The second-order valence-corrected chi connectivity index (χ2v) is 4.94. The fourth-order valence-corrected chi connectivity index (χ4v) is 2.74. The number of ether oxygens (including phenoxy) is 1. The van der Waals surface area contributed by atoms with Gasteiger partial charge in [0, 0.05) is 18.9 Å². The van der Waals surface area contributed by atoms with Crippen LogP contribution in [0.25, 0.3) is 0 Å². The largest absolute Gasteiger partial charge is 0.462 e. The van der Waals surface area contributed by atoms with E-state index in [1.54, 1.807) is 6.92 Å². The van der Waals surface area contributed by atoms with Gasteiger partial charge in [0.25, 0.3) is 0 Å². The summed E-state index contributed by atoms with van der Waals surface area (Å²) in [6.45, 7) is 2.41. The summed E-state index contributed by atoms with van der Waals surface area (Å²) in [7, 11) is 0. The van der Waals surface area contributed by atoms with E-state index in [9.17, 15) is 14.7 Å². The van der Waals surface area contributed by atoms with Crippen LogP contribution in [0.1, 0.15) is 32.6 Å². The first-order valence-corrected chi connectivity index (χ1v) is 6.25. The third kappa shape index (κ3) is 2.60. The SMILES string of the molecule is C[C@H]1C(=O)O[C@H]2CCCNC(=O)CC[C@@H](O)[C@@H]21. The lowest BCUT2D eigenvalue weighted by Gasteiger charge is -2.25. The van der Waals surface area contributed by atoms with Crippen molar-refractivity contribution in [3.63, 3.8) is 0 Å². The van der Waals surface area contributed by atoms with Crippen LogP contribution < -0.4 is 5.32 Å². The molecule has 96 valence electrons. The van der Waals surface area contributed by atoms with Crippen molar-refractivity contribution < 1.29 is 19.4 Å². The lowest BCUT2D eigenvalue weighted by molar-refractivity contribution is -0.144. The second kappa shape index (κ2) is 5.04. The van der Waals surface area contributed by atoms with Crippen molar-refractivity contribution in [1.82, 2.24) is 5.32 Å². The molecule has 0 saturated carbocycles. The first-order valence-electron chi connectivity index (χ1n) is 6.25. The summed E-state index contributed by atoms with van der Waals surface area (Å²) < 4.78 is 5.30. The van der Waals surface area contributed by atoms with Gasteiger partial charge in [-0.1, -0.05) is 6.92 Å². The zero-order valence-corrected chi connectivity index (χ0v) is 10.0. The van der Waals surface area contributed by atoms with Crippen molar-refractivity contribution in [1.29, 1.82) is 0 Å². The number of esters is 1. The average molecular weight is 241 g/mol. The van der Waals surface area contributed by atoms with E-state index >= 15 is 0 Å². The molecule has 0 unspecified atom stereocenters. The lowest BCUT2D eigenvalue weighted by atomic mass is 9.83. The number of hydrogen-bond donors (Lipinski definition) is 2. The molecular weight excluding hydrogens is 222 g/mol. The Hall–Kier alpha value is -1.10. The number of rotatable bonds is 0. The van der Waals surface area contributed by atoms with Crippen LogP contribution >= 0.6 is 0 Å². The fourth-order valence-electron chi connectivity index (χ4n) is 2.74. The van der Waals surface area contributed by atoms with Crippen molar-refractivity contribution in [2.45, 2.75) is 44.8 Å². The Labute approximate surface area is 101 Å². The number of carbonyl (C=O) groups excluding carboxylic acids is 2. The van der Waals surface area contributed by atoms with Crippen molar-refractivity contribution >= 4 is 11.9 Å². The molecule has 2 saturated heterocycles. The van der Waals surface area contributed by atoms with E-state index in [0.29, 0.717) is 25.8 Å². The number of hydrogen-bond acceptors (Lipinski definition) is 4. The van der Waals surface area contributed by atoms with Gasteiger partial charge in [-0.2, -0.15) is 0 Å². The van der Waals surface area contributed by atoms with Gasteiger partial charge in [-0.15, -0.1) is 0 Å². The minimum atomic E-state index is -0.634. The summed E-state index contributed by atoms with van der Waals surface area (Å²) in [6.07, 6.45) is 1.37. The Morgan fingerprint density at radius 2 is 2.12 bits per heavy atom. The summed E-state index contributed by atoms with van der Waals surface area (Å²) in [5.41, 5.74) is 0. The predicted octanol–water partition coefficient (Wildman–Crippen LogP) is 0.215. The van der Waals surface area contributed by atoms with E-state index in [0.717, 1.165) is 6.42 Å². The van der Waals surface area contributed by atoms with Crippen LogP contribution in [0.15, 0.2) is 0 Å². The molecule has 5 nitrogen and oxygen atoms in total. The molecule has 0 aromatic rings. The number of aliphatic hydroxyl groups is 1. The molecule has 17 heavy (non-hydrogen) atoms. The van der Waals surface area contributed by atoms with Gasteiger partial charge in [0.2, 0.25) is 5.91 Å². The first kappa shape index (κ1) is 12.4. The predicted molar refractivity (Wildman–Crippen MR) is 60.0 cm³/mol. The van der Waals surface area contributed by atoms with Crippen LogP contribution in [0.3, 0.4) is 0 Å². The number of carbonyl (C=O) groups is 2. The van der Waals surface area contributed by atoms with Gasteiger partial charge >= 0.3 is 5.97 Å². The van der Waals surface area contributed by atoms with Crippen molar-refractivity contribution in [3.05, 3.63) is 0 Å². The topological polar surface area (TPSA) is 75.6 Å². The lowest BCUT2D eigenvalue weighted by Crippen LogP contribution is -2.36. The first-order chi connectivity index (χ1) is 8.09. The van der Waals surface area contributed by atoms with Crippen molar-refractivity contribution in [2.75, 3.05) is 6.54 Å². The Morgan fingerprint density at radius 1 is 1.35 bits per heavy atom. The Kier molecular flexibility index (Phi) is 3.66. The molecular formula is C12H19NO4. The van der Waals surface area contributed by atoms with E-state index in [4.69, 9.17) is 4.74 Å². The van der Waals surface area contributed by atoms with E-state index in [1.165, 1.54) is 0 Å². The molecule has 1 amide bonds. The standard InChI is InChI=1S/C12H19NO4/c1-7-11-8(14)4-5-10(15)13-6-2-3-9(11)17-12(7)16/h7-9,11,14H,2-6H2,1H3,(H,13,15)/t7-,8-,9+,11+/m1/s1. The zero-order chi connectivity index (χ0) is 12.4. The average Bonchev–Trinajstić information content (AvgIpc) is 2.57. The zero-order valence-electron chi connectivity index (χ0n) is 10.0. The minimum absolute atomic E-state index is 0.0274. The Balaban J connectivity index is 2.09. The molecule has 0 aliphatic carbocycles. The molecule has 2 heterocycles. The summed E-state index contributed by atoms with van der Waals surface area (Å²) in [4.78, 5) is 22.9. The van der Waals surface area contributed by atoms with E-state index in [-0.39, 0.29) is 29.8 Å². The molecule has 0 spiro atoms. The highest BCUT2D eigenvalue weighted by Gasteiger charge is 2.45. The van der Waals surface area contributed by atoms with Crippen LogP contribution in [0.2, 0.25) is 0 Å². The van der Waals surface area contributed by atoms with Crippen LogP contribution in [0.5, 0.6) is 0 Å². The number of amides is 1. The molecule has 0 aromatic heterocycles. The molecule has 2 rings (SSSR count). The normalized spacial score (nSPS) is 39.2. The van der Waals surface area contributed by atoms with E-state index in [2.05, 4.69) is 5.32 Å². The third-order valence-corrected chi connectivity index (χ3v) is 3.75. The highest BCUT2D eigenvalue weighted by Crippen LogP contribution is 2.35. The maximum atomic E-state index is 11.5. The van der Waals surface area contributed by atoms with Gasteiger partial charge in [0.1, 0.15) is 6.10 Å². The summed E-state index contributed by atoms with van der Waals surface area (Å²) in [5.74, 6) is -0.677. The molecule has 5 heteroatoms. The van der Waals surface area contributed by atoms with Crippen LogP contribution in [0.4, 0.5) is 0 Å². The maximum Gasteiger partial charge on any atom is 0.309 e. The number of aliphatic hydroxyl groups excluding tert-OH is 1. The van der Waals surface area contributed by atoms with Gasteiger partial charge in [0.15, 0.2) is 0 Å². The van der Waals surface area contributed by atoms with Crippen LogP contribution in [-0.4, -0.2) is 35.7 Å². The summed E-state index contributed by atoms with van der Waals surface area (Å²) >= 11 is 0. The summed E-state index contributed by atoms with van der Waals surface area (Å²) in [6, 6.07) is 0. The smallest absolute Gasteiger partial charge is 0.309 e. The molecule has 2 N–H and O–H groups in total. The minimum Gasteiger partial charge on any atom is -0.462 e. The Bertz CT molecular complexity index is 318. The van der Waals surface area contributed by atoms with Gasteiger partial charge in [-0.3, -0.25) is 9.59 Å². The molecule has 0 aromatic carbocycles. The quantitative estimate of drug-likeness (QED) is 0.595. The number of nitrogens with one attached hydrogen (secondary N) is 1.